The van der Waals surface area contributed by atoms with Gasteiger partial charge >= 0.3 is 0 Å². The van der Waals surface area contributed by atoms with Crippen LogP contribution in [0.4, 0.5) is 4.39 Å². The molecule has 0 saturated carbocycles. The Labute approximate surface area is 101 Å². The average molecular weight is 235 g/mol. The van der Waals surface area contributed by atoms with Crippen LogP contribution in [0.3, 0.4) is 0 Å². The van der Waals surface area contributed by atoms with Gasteiger partial charge < -0.3 is 5.11 Å². The van der Waals surface area contributed by atoms with E-state index >= 15 is 0 Å². The van der Waals surface area contributed by atoms with E-state index in [0.717, 1.165) is 30.8 Å². The minimum atomic E-state index is -0.221. The summed E-state index contributed by atoms with van der Waals surface area (Å²) in [6.45, 7) is 5.02. The van der Waals surface area contributed by atoms with Gasteiger partial charge in [-0.2, -0.15) is 0 Å². The molecule has 1 heterocycles. The molecule has 0 radical (unpaired) electrons. The molecule has 1 aliphatic rings. The van der Waals surface area contributed by atoms with E-state index in [0.29, 0.717) is 0 Å². The fourth-order valence-corrected chi connectivity index (χ4v) is 2.29. The fourth-order valence-electron chi connectivity index (χ4n) is 2.29. The number of benzene rings is 1. The number of hydrogen-bond acceptors (Lipinski definition) is 2. The summed E-state index contributed by atoms with van der Waals surface area (Å²) >= 11 is 0. The first-order chi connectivity index (χ1) is 8.24. The van der Waals surface area contributed by atoms with Gasteiger partial charge in [0.1, 0.15) is 5.82 Å². The van der Waals surface area contributed by atoms with Crippen LogP contribution in [0.2, 0.25) is 0 Å². The van der Waals surface area contributed by atoms with Crippen molar-refractivity contribution in [2.75, 3.05) is 26.2 Å². The molecule has 0 spiro atoms. The molecule has 0 aliphatic carbocycles. The lowest BCUT2D eigenvalue weighted by atomic mass is 9.89. The second kappa shape index (κ2) is 5.43. The number of nitrogens with zero attached hydrogens (tertiary/aromatic N) is 1. The van der Waals surface area contributed by atoms with E-state index in [2.05, 4.69) is 17.9 Å². The minimum Gasteiger partial charge on any atom is -0.396 e. The van der Waals surface area contributed by atoms with Gasteiger partial charge in [-0.3, -0.25) is 4.90 Å². The molecule has 0 unspecified atom stereocenters. The van der Waals surface area contributed by atoms with Crippen molar-refractivity contribution in [2.45, 2.75) is 6.92 Å². The summed E-state index contributed by atoms with van der Waals surface area (Å²) in [4.78, 5) is 2.29. The Kier molecular flexibility index (Phi) is 3.92. The number of aliphatic hydroxyl groups excluding tert-OH is 1. The first-order valence-electron chi connectivity index (χ1n) is 6.03. The normalized spacial score (nSPS) is 21.4. The Bertz CT molecular complexity index is 399. The molecule has 0 fully saturated rings. The molecule has 0 aromatic heterocycles. The van der Waals surface area contributed by atoms with Gasteiger partial charge in [0, 0.05) is 19.0 Å². The Balaban J connectivity index is 2.24. The zero-order valence-corrected chi connectivity index (χ0v) is 10.1. The number of aliphatic hydroxyl groups is 1. The monoisotopic (exact) mass is 235 g/mol. The third kappa shape index (κ3) is 2.73. The van der Waals surface area contributed by atoms with Crippen LogP contribution in [0.15, 0.2) is 30.3 Å². The van der Waals surface area contributed by atoms with Gasteiger partial charge in [0.15, 0.2) is 0 Å². The zero-order chi connectivity index (χ0) is 12.3. The highest BCUT2D eigenvalue weighted by atomic mass is 19.1. The third-order valence-corrected chi connectivity index (χ3v) is 3.33. The molecule has 1 aliphatic heterocycles. The first-order valence-corrected chi connectivity index (χ1v) is 6.03. The summed E-state index contributed by atoms with van der Waals surface area (Å²) in [5.74, 6) is -0.0879. The summed E-state index contributed by atoms with van der Waals surface area (Å²) in [6.07, 6.45) is 2.14. The highest BCUT2D eigenvalue weighted by Crippen LogP contribution is 2.27. The van der Waals surface area contributed by atoms with E-state index in [-0.39, 0.29) is 18.3 Å². The summed E-state index contributed by atoms with van der Waals surface area (Å²) in [6, 6.07) is 6.50. The quantitative estimate of drug-likeness (QED) is 0.867. The fraction of sp³-hybridized carbons (Fsp3) is 0.429. The van der Waals surface area contributed by atoms with Crippen molar-refractivity contribution in [2.24, 2.45) is 5.92 Å². The van der Waals surface area contributed by atoms with E-state index in [1.54, 1.807) is 12.1 Å². The molecule has 2 nitrogen and oxygen atoms in total. The second-order valence-corrected chi connectivity index (χ2v) is 4.40. The average Bonchev–Trinajstić information content (AvgIpc) is 2.39. The van der Waals surface area contributed by atoms with Crippen molar-refractivity contribution in [1.82, 2.24) is 4.90 Å². The molecule has 0 bridgehead atoms. The Morgan fingerprint density at radius 2 is 2.06 bits per heavy atom. The lowest BCUT2D eigenvalue weighted by Crippen LogP contribution is -2.35. The van der Waals surface area contributed by atoms with Crippen LogP contribution in [-0.4, -0.2) is 36.2 Å². The summed E-state index contributed by atoms with van der Waals surface area (Å²) in [5.41, 5.74) is 2.15. The molecule has 3 heteroatoms. The van der Waals surface area contributed by atoms with E-state index < -0.39 is 0 Å². The van der Waals surface area contributed by atoms with Gasteiger partial charge in [-0.25, -0.2) is 4.39 Å². The Morgan fingerprint density at radius 3 is 2.65 bits per heavy atom. The van der Waals surface area contributed by atoms with Gasteiger partial charge in [-0.15, -0.1) is 0 Å². The number of likely N-dealkylation sites (N-methyl/N-ethyl adjacent to an activating group) is 1. The van der Waals surface area contributed by atoms with Crippen LogP contribution in [0.25, 0.3) is 5.57 Å². The molecule has 1 aromatic carbocycles. The molecule has 92 valence electrons. The third-order valence-electron chi connectivity index (χ3n) is 3.33. The van der Waals surface area contributed by atoms with Gasteiger partial charge in [0.2, 0.25) is 0 Å². The lowest BCUT2D eigenvalue weighted by Gasteiger charge is -2.31. The molecule has 17 heavy (non-hydrogen) atoms. The molecule has 2 rings (SSSR count). The van der Waals surface area contributed by atoms with Crippen LogP contribution < -0.4 is 0 Å². The SMILES string of the molecule is CCN1CC=C(c2ccc(F)cc2)[C@H](CO)C1. The number of halogens is 1. The first kappa shape index (κ1) is 12.3. The molecular weight excluding hydrogens is 217 g/mol. The maximum Gasteiger partial charge on any atom is 0.123 e. The largest absolute Gasteiger partial charge is 0.396 e. The highest BCUT2D eigenvalue weighted by Gasteiger charge is 2.22. The minimum absolute atomic E-state index is 0.133. The van der Waals surface area contributed by atoms with Gasteiger partial charge in [-0.05, 0) is 29.8 Å². The Hall–Kier alpha value is -1.19. The number of rotatable bonds is 3. The molecule has 1 N–H and O–H groups in total. The van der Waals surface area contributed by atoms with Crippen molar-refractivity contribution < 1.29 is 9.50 Å². The molecule has 1 atom stereocenters. The number of hydrogen-bond donors (Lipinski definition) is 1. The maximum absolute atomic E-state index is 12.9. The predicted octanol–water partition coefficient (Wildman–Crippen LogP) is 2.15. The summed E-state index contributed by atoms with van der Waals surface area (Å²) in [5, 5.41) is 9.45. The van der Waals surface area contributed by atoms with Gasteiger partial charge in [0.05, 0.1) is 6.61 Å². The predicted molar refractivity (Wildman–Crippen MR) is 67.1 cm³/mol. The smallest absolute Gasteiger partial charge is 0.123 e. The zero-order valence-electron chi connectivity index (χ0n) is 10.1. The van der Waals surface area contributed by atoms with Crippen molar-refractivity contribution >= 4 is 5.57 Å². The van der Waals surface area contributed by atoms with Crippen LogP contribution in [-0.2, 0) is 0 Å². The topological polar surface area (TPSA) is 23.5 Å². The van der Waals surface area contributed by atoms with Crippen molar-refractivity contribution in [3.63, 3.8) is 0 Å². The van der Waals surface area contributed by atoms with E-state index in [1.807, 2.05) is 0 Å². The van der Waals surface area contributed by atoms with E-state index in [9.17, 15) is 9.50 Å². The van der Waals surface area contributed by atoms with Gasteiger partial charge in [0.25, 0.3) is 0 Å². The van der Waals surface area contributed by atoms with Crippen molar-refractivity contribution in [1.29, 1.82) is 0 Å². The van der Waals surface area contributed by atoms with E-state index in [1.165, 1.54) is 12.1 Å². The van der Waals surface area contributed by atoms with Crippen molar-refractivity contribution in [3.05, 3.63) is 41.7 Å². The van der Waals surface area contributed by atoms with Crippen LogP contribution >= 0.6 is 0 Å². The van der Waals surface area contributed by atoms with Crippen LogP contribution in [0, 0.1) is 11.7 Å². The summed E-state index contributed by atoms with van der Waals surface area (Å²) < 4.78 is 12.9. The van der Waals surface area contributed by atoms with Crippen molar-refractivity contribution in [3.8, 4) is 0 Å². The standard InChI is InChI=1S/C14H18FNO/c1-2-16-8-7-14(12(9-16)10-17)11-3-5-13(15)6-4-11/h3-7,12,17H,2,8-10H2,1H3/t12-/m0/s1. The highest BCUT2D eigenvalue weighted by molar-refractivity contribution is 5.68. The second-order valence-electron chi connectivity index (χ2n) is 4.40. The van der Waals surface area contributed by atoms with E-state index in [4.69, 9.17) is 0 Å². The Morgan fingerprint density at radius 1 is 1.35 bits per heavy atom. The lowest BCUT2D eigenvalue weighted by molar-refractivity contribution is 0.198. The molecular formula is C14H18FNO. The van der Waals surface area contributed by atoms with Crippen LogP contribution in [0.5, 0.6) is 0 Å². The maximum atomic E-state index is 12.9. The molecule has 0 amide bonds. The summed E-state index contributed by atoms with van der Waals surface area (Å²) in [7, 11) is 0. The van der Waals surface area contributed by atoms with Gasteiger partial charge in [-0.1, -0.05) is 25.1 Å². The van der Waals surface area contributed by atoms with Crippen LogP contribution in [0.1, 0.15) is 12.5 Å². The molecule has 1 aromatic rings. The molecule has 0 saturated heterocycles.